The third kappa shape index (κ3) is 5.51. The molecule has 1 amide bonds. The zero-order valence-electron chi connectivity index (χ0n) is 22.5. The van der Waals surface area contributed by atoms with Crippen LogP contribution in [0, 0.1) is 0 Å². The number of aryl methyl sites for hydroxylation is 1. The summed E-state index contributed by atoms with van der Waals surface area (Å²) < 4.78 is 6.95. The van der Waals surface area contributed by atoms with E-state index in [0.29, 0.717) is 18.1 Å². The number of carbonyl (C=O) groups excluding carboxylic acids is 2. The number of nitrogens with zero attached hydrogens (tertiary/aromatic N) is 6. The monoisotopic (exact) mass is 535 g/mol. The number of esters is 1. The van der Waals surface area contributed by atoms with Crippen molar-refractivity contribution < 1.29 is 14.3 Å². The number of H-pyrrole nitrogens is 1. The van der Waals surface area contributed by atoms with Crippen molar-refractivity contribution in [3.8, 4) is 22.5 Å². The van der Waals surface area contributed by atoms with E-state index in [1.165, 1.54) is 11.8 Å². The maximum absolute atomic E-state index is 12.9. The van der Waals surface area contributed by atoms with E-state index in [9.17, 15) is 9.59 Å². The molecule has 1 N–H and O–H groups in total. The second-order valence-electron chi connectivity index (χ2n) is 9.14. The molecule has 202 valence electrons. The number of benzene rings is 3. The van der Waals surface area contributed by atoms with E-state index in [1.54, 1.807) is 17.8 Å². The van der Waals surface area contributed by atoms with Crippen LogP contribution in [-0.4, -0.2) is 48.9 Å². The van der Waals surface area contributed by atoms with Gasteiger partial charge >= 0.3 is 5.97 Å². The van der Waals surface area contributed by atoms with Gasteiger partial charge < -0.3 is 4.74 Å². The largest absolute Gasteiger partial charge is 0.462 e. The molecule has 0 aliphatic carbocycles. The average Bonchev–Trinajstić information content (AvgIpc) is 3.65. The summed E-state index contributed by atoms with van der Waals surface area (Å²) in [6.45, 7) is 5.86. The predicted molar refractivity (Wildman–Crippen MR) is 151 cm³/mol. The number of hydrogen-bond acceptors (Lipinski definition) is 7. The van der Waals surface area contributed by atoms with Gasteiger partial charge in [-0.1, -0.05) is 67.6 Å². The van der Waals surface area contributed by atoms with Crippen LogP contribution in [0.25, 0.3) is 22.5 Å². The summed E-state index contributed by atoms with van der Waals surface area (Å²) in [7, 11) is 0. The molecule has 2 aromatic heterocycles. The van der Waals surface area contributed by atoms with E-state index in [2.05, 4.69) is 32.6 Å². The lowest BCUT2D eigenvalue weighted by molar-refractivity contribution is -0.115. The van der Waals surface area contributed by atoms with Crippen LogP contribution in [-0.2, 0) is 22.5 Å². The second-order valence-corrected chi connectivity index (χ2v) is 9.14. The van der Waals surface area contributed by atoms with Gasteiger partial charge in [-0.15, -0.1) is 10.2 Å². The third-order valence-electron chi connectivity index (χ3n) is 6.49. The number of hydrogen-bond donors (Lipinski definition) is 1. The Morgan fingerprint density at radius 2 is 1.62 bits per heavy atom. The zero-order chi connectivity index (χ0) is 28.1. The standard InChI is InChI=1S/C30H29N7O3/c1-4-21-12-16-24(17-13-21)37(20(3)38)29-27(30(39)40-5-2)19-36(33-29)18-22-10-14-23(15-11-22)25-8-6-7-9-26(25)28-31-34-35-32-28/h6-17,19H,4-5,18H2,1-3H3,(H,31,32,34,35). The normalized spacial score (nSPS) is 10.9. The number of ether oxygens (including phenoxy) is 1. The molecular formula is C30H29N7O3. The first-order valence-electron chi connectivity index (χ1n) is 13.0. The molecule has 0 aliphatic heterocycles. The van der Waals surface area contributed by atoms with Gasteiger partial charge in [0.1, 0.15) is 5.56 Å². The first-order chi connectivity index (χ1) is 19.5. The van der Waals surface area contributed by atoms with Crippen molar-refractivity contribution in [2.24, 2.45) is 0 Å². The molecule has 0 saturated carbocycles. The molecule has 0 atom stereocenters. The van der Waals surface area contributed by atoms with Gasteiger partial charge in [-0.2, -0.15) is 10.3 Å². The Morgan fingerprint density at radius 3 is 2.25 bits per heavy atom. The maximum atomic E-state index is 12.9. The summed E-state index contributed by atoms with van der Waals surface area (Å²) in [5, 5.41) is 19.1. The lowest BCUT2D eigenvalue weighted by atomic mass is 9.98. The van der Waals surface area contributed by atoms with Gasteiger partial charge in [-0.05, 0) is 52.9 Å². The van der Waals surface area contributed by atoms with E-state index >= 15 is 0 Å². The summed E-state index contributed by atoms with van der Waals surface area (Å²) in [6, 6.07) is 23.5. The van der Waals surface area contributed by atoms with Gasteiger partial charge in [0, 0.05) is 18.7 Å². The van der Waals surface area contributed by atoms with E-state index in [4.69, 9.17) is 4.74 Å². The van der Waals surface area contributed by atoms with Crippen LogP contribution < -0.4 is 4.90 Å². The van der Waals surface area contributed by atoms with Crippen molar-refractivity contribution in [1.82, 2.24) is 30.4 Å². The van der Waals surface area contributed by atoms with Gasteiger partial charge in [-0.3, -0.25) is 14.4 Å². The van der Waals surface area contributed by atoms with Crippen LogP contribution in [0.15, 0.2) is 79.0 Å². The molecule has 5 rings (SSSR count). The summed E-state index contributed by atoms with van der Waals surface area (Å²) in [6.07, 6.45) is 2.51. The minimum atomic E-state index is -0.534. The smallest absolute Gasteiger partial charge is 0.343 e. The lowest BCUT2D eigenvalue weighted by Gasteiger charge is -2.20. The van der Waals surface area contributed by atoms with Crippen molar-refractivity contribution in [1.29, 1.82) is 0 Å². The number of carbonyl (C=O) groups is 2. The van der Waals surface area contributed by atoms with Crippen LogP contribution in [0.3, 0.4) is 0 Å². The molecule has 5 aromatic rings. The molecule has 40 heavy (non-hydrogen) atoms. The van der Waals surface area contributed by atoms with E-state index < -0.39 is 5.97 Å². The number of aromatic nitrogens is 6. The molecule has 3 aromatic carbocycles. The van der Waals surface area contributed by atoms with Crippen LogP contribution in [0.1, 0.15) is 42.3 Å². The number of amides is 1. The highest BCUT2D eigenvalue weighted by molar-refractivity contribution is 6.04. The molecule has 10 heteroatoms. The Kier molecular flexibility index (Phi) is 7.77. The fourth-order valence-electron chi connectivity index (χ4n) is 4.53. The Hall–Kier alpha value is -5.12. The van der Waals surface area contributed by atoms with E-state index in [0.717, 1.165) is 34.2 Å². The summed E-state index contributed by atoms with van der Waals surface area (Å²) >= 11 is 0. The quantitative estimate of drug-likeness (QED) is 0.258. The number of rotatable bonds is 9. The van der Waals surface area contributed by atoms with Crippen molar-refractivity contribution in [3.05, 3.63) is 95.7 Å². The van der Waals surface area contributed by atoms with E-state index in [-0.39, 0.29) is 23.9 Å². The van der Waals surface area contributed by atoms with Gasteiger partial charge in [0.25, 0.3) is 0 Å². The molecule has 0 unspecified atom stereocenters. The fourth-order valence-corrected chi connectivity index (χ4v) is 4.53. The molecule has 0 bridgehead atoms. The van der Waals surface area contributed by atoms with Crippen LogP contribution in [0.4, 0.5) is 11.5 Å². The van der Waals surface area contributed by atoms with E-state index in [1.807, 2.05) is 72.8 Å². The molecule has 0 radical (unpaired) electrons. The zero-order valence-corrected chi connectivity index (χ0v) is 22.5. The summed E-state index contributed by atoms with van der Waals surface area (Å²) in [4.78, 5) is 27.1. The Labute approximate surface area is 231 Å². The van der Waals surface area contributed by atoms with Gasteiger partial charge in [0.15, 0.2) is 5.82 Å². The molecule has 0 spiro atoms. The minimum Gasteiger partial charge on any atom is -0.462 e. The predicted octanol–water partition coefficient (Wildman–Crippen LogP) is 5.20. The SMILES string of the molecule is CCOC(=O)c1cn(Cc2ccc(-c3ccccc3-c3nn[nH]n3)cc2)nc1N(C(C)=O)c1ccc(CC)cc1. The summed E-state index contributed by atoms with van der Waals surface area (Å²) in [5.41, 5.74) is 5.81. The Morgan fingerprint density at radius 1 is 0.925 bits per heavy atom. The molecular weight excluding hydrogens is 506 g/mol. The molecule has 0 fully saturated rings. The van der Waals surface area contributed by atoms with Crippen molar-refractivity contribution in [2.45, 2.75) is 33.7 Å². The highest BCUT2D eigenvalue weighted by Gasteiger charge is 2.26. The second kappa shape index (κ2) is 11.7. The summed E-state index contributed by atoms with van der Waals surface area (Å²) in [5.74, 6) is -0.0336. The Bertz CT molecular complexity index is 1610. The highest BCUT2D eigenvalue weighted by Crippen LogP contribution is 2.31. The molecule has 0 aliphatic rings. The number of tetrazole rings is 1. The van der Waals surface area contributed by atoms with Crippen molar-refractivity contribution >= 4 is 23.4 Å². The highest BCUT2D eigenvalue weighted by atomic mass is 16.5. The Balaban J connectivity index is 1.46. The molecule has 10 nitrogen and oxygen atoms in total. The van der Waals surface area contributed by atoms with Crippen LogP contribution in [0.2, 0.25) is 0 Å². The van der Waals surface area contributed by atoms with Crippen molar-refractivity contribution in [2.75, 3.05) is 11.5 Å². The third-order valence-corrected chi connectivity index (χ3v) is 6.49. The first kappa shape index (κ1) is 26.5. The fraction of sp³-hybridized carbons (Fsp3) is 0.200. The number of anilines is 2. The minimum absolute atomic E-state index is 0.210. The molecule has 0 saturated heterocycles. The molecule has 2 heterocycles. The number of nitrogens with one attached hydrogen (secondary N) is 1. The van der Waals surface area contributed by atoms with Crippen molar-refractivity contribution in [3.63, 3.8) is 0 Å². The number of aromatic amines is 1. The lowest BCUT2D eigenvalue weighted by Crippen LogP contribution is -2.25. The average molecular weight is 536 g/mol. The van der Waals surface area contributed by atoms with Crippen LogP contribution in [0.5, 0.6) is 0 Å². The first-order valence-corrected chi connectivity index (χ1v) is 13.0. The van der Waals surface area contributed by atoms with Gasteiger partial charge in [0.2, 0.25) is 11.7 Å². The topological polar surface area (TPSA) is 119 Å². The van der Waals surface area contributed by atoms with Crippen LogP contribution >= 0.6 is 0 Å². The maximum Gasteiger partial charge on any atom is 0.343 e. The van der Waals surface area contributed by atoms with Gasteiger partial charge in [0.05, 0.1) is 18.8 Å². The van der Waals surface area contributed by atoms with Gasteiger partial charge in [-0.25, -0.2) is 4.79 Å².